The second-order valence-electron chi connectivity index (χ2n) is 5.44. The third-order valence-electron chi connectivity index (χ3n) is 3.95. The molecule has 1 aliphatic rings. The lowest BCUT2D eigenvalue weighted by Crippen LogP contribution is -2.36. The molecule has 2 rings (SSSR count). The van der Waals surface area contributed by atoms with E-state index in [1.807, 2.05) is 19.2 Å². The van der Waals surface area contributed by atoms with Crippen molar-refractivity contribution in [1.29, 1.82) is 0 Å². The van der Waals surface area contributed by atoms with Crippen LogP contribution < -0.4 is 10.6 Å². The van der Waals surface area contributed by atoms with E-state index in [1.54, 1.807) is 0 Å². The van der Waals surface area contributed by atoms with Crippen molar-refractivity contribution < 1.29 is 0 Å². The van der Waals surface area contributed by atoms with Crippen molar-refractivity contribution in [1.82, 2.24) is 4.98 Å². The standard InChI is InChI=1S/C14H23N3/c1-10-5-4-6-12(7-10)17(3)14-8-13(15)11(2)9-16-14/h8-10,12H,4-7H2,1-3H3,(H2,15,16). The van der Waals surface area contributed by atoms with Crippen LogP contribution >= 0.6 is 0 Å². The SMILES string of the molecule is Cc1cnc(N(C)C2CCCC(C)C2)cc1N. The average molecular weight is 233 g/mol. The summed E-state index contributed by atoms with van der Waals surface area (Å²) in [6.45, 7) is 4.34. The van der Waals surface area contributed by atoms with Gasteiger partial charge in [0.2, 0.25) is 0 Å². The molecule has 0 bridgehead atoms. The number of aryl methyl sites for hydroxylation is 1. The minimum Gasteiger partial charge on any atom is -0.398 e. The number of pyridine rings is 1. The number of hydrogen-bond donors (Lipinski definition) is 1. The van der Waals surface area contributed by atoms with E-state index in [9.17, 15) is 0 Å². The Hall–Kier alpha value is -1.25. The molecule has 2 unspecified atom stereocenters. The van der Waals surface area contributed by atoms with E-state index < -0.39 is 0 Å². The molecule has 2 atom stereocenters. The van der Waals surface area contributed by atoms with Gasteiger partial charge in [0, 0.05) is 31.0 Å². The van der Waals surface area contributed by atoms with Crippen LogP contribution in [0, 0.1) is 12.8 Å². The maximum atomic E-state index is 5.95. The molecular formula is C14H23N3. The van der Waals surface area contributed by atoms with Crippen LogP contribution in [0.3, 0.4) is 0 Å². The molecule has 1 heterocycles. The number of hydrogen-bond acceptors (Lipinski definition) is 3. The summed E-state index contributed by atoms with van der Waals surface area (Å²) >= 11 is 0. The summed E-state index contributed by atoms with van der Waals surface area (Å²) in [4.78, 5) is 6.78. The number of anilines is 2. The summed E-state index contributed by atoms with van der Waals surface area (Å²) in [6.07, 6.45) is 7.11. The van der Waals surface area contributed by atoms with Gasteiger partial charge < -0.3 is 10.6 Å². The lowest BCUT2D eigenvalue weighted by molar-refractivity contribution is 0.335. The molecular weight excluding hydrogens is 210 g/mol. The van der Waals surface area contributed by atoms with Gasteiger partial charge in [-0.3, -0.25) is 0 Å². The predicted molar refractivity (Wildman–Crippen MR) is 73.2 cm³/mol. The smallest absolute Gasteiger partial charge is 0.130 e. The van der Waals surface area contributed by atoms with E-state index in [-0.39, 0.29) is 0 Å². The molecule has 0 aliphatic heterocycles. The Labute approximate surface area is 104 Å². The molecule has 94 valence electrons. The largest absolute Gasteiger partial charge is 0.398 e. The monoisotopic (exact) mass is 233 g/mol. The third-order valence-corrected chi connectivity index (χ3v) is 3.95. The first-order chi connectivity index (χ1) is 8.08. The Kier molecular flexibility index (Phi) is 3.55. The highest BCUT2D eigenvalue weighted by atomic mass is 15.2. The minimum atomic E-state index is 0.619. The van der Waals surface area contributed by atoms with Gasteiger partial charge in [0.1, 0.15) is 5.82 Å². The molecule has 0 amide bonds. The maximum Gasteiger partial charge on any atom is 0.130 e. The van der Waals surface area contributed by atoms with Gasteiger partial charge in [0.15, 0.2) is 0 Å². The minimum absolute atomic E-state index is 0.619. The van der Waals surface area contributed by atoms with Crippen LogP contribution in [0.5, 0.6) is 0 Å². The van der Waals surface area contributed by atoms with Crippen molar-refractivity contribution in [2.75, 3.05) is 17.7 Å². The van der Waals surface area contributed by atoms with Gasteiger partial charge in [0.05, 0.1) is 0 Å². The average Bonchev–Trinajstić information content (AvgIpc) is 2.32. The van der Waals surface area contributed by atoms with Gasteiger partial charge in [-0.05, 0) is 31.2 Å². The Morgan fingerprint density at radius 2 is 2.18 bits per heavy atom. The first kappa shape index (κ1) is 12.2. The molecule has 1 fully saturated rings. The summed E-state index contributed by atoms with van der Waals surface area (Å²) < 4.78 is 0. The molecule has 1 aromatic heterocycles. The Morgan fingerprint density at radius 3 is 2.82 bits per heavy atom. The van der Waals surface area contributed by atoms with Crippen molar-refractivity contribution >= 4 is 11.5 Å². The first-order valence-corrected chi connectivity index (χ1v) is 6.53. The quantitative estimate of drug-likeness (QED) is 0.854. The molecule has 3 nitrogen and oxygen atoms in total. The summed E-state index contributed by atoms with van der Waals surface area (Å²) in [5, 5.41) is 0. The van der Waals surface area contributed by atoms with Crippen molar-refractivity contribution in [3.8, 4) is 0 Å². The molecule has 0 aromatic carbocycles. The molecule has 3 heteroatoms. The molecule has 2 N–H and O–H groups in total. The fourth-order valence-electron chi connectivity index (χ4n) is 2.66. The predicted octanol–water partition coefficient (Wildman–Crippen LogP) is 2.99. The van der Waals surface area contributed by atoms with E-state index in [4.69, 9.17) is 5.73 Å². The van der Waals surface area contributed by atoms with Gasteiger partial charge >= 0.3 is 0 Å². The number of aromatic nitrogens is 1. The third kappa shape index (κ3) is 2.71. The molecule has 1 aliphatic carbocycles. The molecule has 0 radical (unpaired) electrons. The number of rotatable bonds is 2. The highest BCUT2D eigenvalue weighted by molar-refractivity contribution is 5.54. The van der Waals surface area contributed by atoms with Crippen LogP contribution in [-0.2, 0) is 0 Å². The van der Waals surface area contributed by atoms with Gasteiger partial charge in [0.25, 0.3) is 0 Å². The van der Waals surface area contributed by atoms with Crippen molar-refractivity contribution in [3.05, 3.63) is 17.8 Å². The fourth-order valence-corrected chi connectivity index (χ4v) is 2.66. The van der Waals surface area contributed by atoms with Crippen LogP contribution in [-0.4, -0.2) is 18.1 Å². The van der Waals surface area contributed by atoms with E-state index in [2.05, 4.69) is 23.9 Å². The zero-order chi connectivity index (χ0) is 12.4. The zero-order valence-corrected chi connectivity index (χ0v) is 11.1. The second kappa shape index (κ2) is 4.94. The van der Waals surface area contributed by atoms with E-state index in [0.29, 0.717) is 6.04 Å². The highest BCUT2D eigenvalue weighted by Gasteiger charge is 2.23. The Bertz CT molecular complexity index is 389. The molecule has 0 saturated heterocycles. The maximum absolute atomic E-state index is 5.95. The topological polar surface area (TPSA) is 42.2 Å². The molecule has 0 spiro atoms. The summed E-state index contributed by atoms with van der Waals surface area (Å²) in [6, 6.07) is 2.61. The summed E-state index contributed by atoms with van der Waals surface area (Å²) in [7, 11) is 2.14. The van der Waals surface area contributed by atoms with E-state index in [1.165, 1.54) is 25.7 Å². The molecule has 1 aromatic rings. The lowest BCUT2D eigenvalue weighted by atomic mass is 9.86. The normalized spacial score (nSPS) is 24.6. The Morgan fingerprint density at radius 1 is 1.41 bits per heavy atom. The summed E-state index contributed by atoms with van der Waals surface area (Å²) in [5.74, 6) is 1.84. The van der Waals surface area contributed by atoms with Crippen molar-refractivity contribution in [3.63, 3.8) is 0 Å². The number of nitrogens with zero attached hydrogens (tertiary/aromatic N) is 2. The van der Waals surface area contributed by atoms with Crippen LogP contribution in [0.25, 0.3) is 0 Å². The van der Waals surface area contributed by atoms with Gasteiger partial charge in [-0.25, -0.2) is 4.98 Å². The van der Waals surface area contributed by atoms with E-state index in [0.717, 1.165) is 23.0 Å². The Balaban J connectivity index is 2.12. The van der Waals surface area contributed by atoms with Gasteiger partial charge in [-0.1, -0.05) is 19.8 Å². The van der Waals surface area contributed by atoms with Gasteiger partial charge in [-0.2, -0.15) is 0 Å². The number of nitrogen functional groups attached to an aromatic ring is 1. The van der Waals surface area contributed by atoms with Crippen LogP contribution in [0.1, 0.15) is 38.2 Å². The summed E-state index contributed by atoms with van der Waals surface area (Å²) in [5.41, 5.74) is 7.84. The molecule has 17 heavy (non-hydrogen) atoms. The van der Waals surface area contributed by atoms with Crippen LogP contribution in [0.15, 0.2) is 12.3 Å². The van der Waals surface area contributed by atoms with Crippen LogP contribution in [0.2, 0.25) is 0 Å². The first-order valence-electron chi connectivity index (χ1n) is 6.53. The van der Waals surface area contributed by atoms with Crippen LogP contribution in [0.4, 0.5) is 11.5 Å². The fraction of sp³-hybridized carbons (Fsp3) is 0.643. The van der Waals surface area contributed by atoms with Gasteiger partial charge in [-0.15, -0.1) is 0 Å². The lowest BCUT2D eigenvalue weighted by Gasteiger charge is -2.35. The highest BCUT2D eigenvalue weighted by Crippen LogP contribution is 2.29. The number of nitrogens with two attached hydrogens (primary N) is 1. The second-order valence-corrected chi connectivity index (χ2v) is 5.44. The van der Waals surface area contributed by atoms with Crippen molar-refractivity contribution in [2.24, 2.45) is 5.92 Å². The zero-order valence-electron chi connectivity index (χ0n) is 11.1. The molecule has 1 saturated carbocycles. The van der Waals surface area contributed by atoms with Crippen molar-refractivity contribution in [2.45, 2.75) is 45.6 Å². The van der Waals surface area contributed by atoms with E-state index >= 15 is 0 Å².